The molecule has 0 radical (unpaired) electrons. The van der Waals surface area contributed by atoms with Crippen molar-refractivity contribution in [3.8, 4) is 6.07 Å². The molecule has 1 aliphatic rings. The molecule has 3 N–H and O–H groups in total. The quantitative estimate of drug-likeness (QED) is 0.579. The fraction of sp³-hybridized carbons (Fsp3) is 0.312. The van der Waals surface area contributed by atoms with Crippen LogP contribution in [-0.2, 0) is 9.59 Å². The average molecular weight is 333 g/mol. The van der Waals surface area contributed by atoms with Gasteiger partial charge in [0.25, 0.3) is 5.91 Å². The fourth-order valence-electron chi connectivity index (χ4n) is 2.23. The molecule has 1 aromatic carbocycles. The maximum absolute atomic E-state index is 12.0. The van der Waals surface area contributed by atoms with E-state index in [1.807, 2.05) is 0 Å². The SMILES string of the molecule is N#C/C(=C/NC(=O)C1CCNCC1)C(=O)Nc1ccc(Cl)cc1. The summed E-state index contributed by atoms with van der Waals surface area (Å²) in [6.07, 6.45) is 2.66. The van der Waals surface area contributed by atoms with Crippen molar-refractivity contribution in [1.82, 2.24) is 10.6 Å². The lowest BCUT2D eigenvalue weighted by Crippen LogP contribution is -2.36. The van der Waals surface area contributed by atoms with E-state index in [2.05, 4.69) is 16.0 Å². The number of halogens is 1. The topological polar surface area (TPSA) is 94.0 Å². The van der Waals surface area contributed by atoms with Crippen molar-refractivity contribution in [2.24, 2.45) is 5.92 Å². The van der Waals surface area contributed by atoms with Gasteiger partial charge < -0.3 is 16.0 Å². The van der Waals surface area contributed by atoms with Crippen molar-refractivity contribution in [3.63, 3.8) is 0 Å². The summed E-state index contributed by atoms with van der Waals surface area (Å²) in [4.78, 5) is 24.0. The summed E-state index contributed by atoms with van der Waals surface area (Å²) < 4.78 is 0. The Labute approximate surface area is 139 Å². The molecule has 1 aromatic rings. The Morgan fingerprint density at radius 3 is 2.52 bits per heavy atom. The molecule has 0 bridgehead atoms. The number of hydrogen-bond donors (Lipinski definition) is 3. The molecular formula is C16H17ClN4O2. The van der Waals surface area contributed by atoms with Crippen molar-refractivity contribution in [3.05, 3.63) is 41.1 Å². The van der Waals surface area contributed by atoms with Crippen LogP contribution >= 0.6 is 11.6 Å². The Balaban J connectivity index is 1.94. The Morgan fingerprint density at radius 2 is 1.91 bits per heavy atom. The van der Waals surface area contributed by atoms with Crippen LogP contribution in [0.25, 0.3) is 0 Å². The van der Waals surface area contributed by atoms with Crippen LogP contribution < -0.4 is 16.0 Å². The zero-order chi connectivity index (χ0) is 16.7. The molecule has 7 heteroatoms. The van der Waals surface area contributed by atoms with Crippen LogP contribution in [0.15, 0.2) is 36.0 Å². The molecule has 1 fully saturated rings. The van der Waals surface area contributed by atoms with Gasteiger partial charge >= 0.3 is 0 Å². The van der Waals surface area contributed by atoms with Gasteiger partial charge in [-0.1, -0.05) is 11.6 Å². The molecule has 1 heterocycles. The van der Waals surface area contributed by atoms with Gasteiger partial charge in [-0.05, 0) is 50.2 Å². The number of anilines is 1. The second-order valence-electron chi connectivity index (χ2n) is 5.16. The Bertz CT molecular complexity index is 643. The van der Waals surface area contributed by atoms with Crippen molar-refractivity contribution >= 4 is 29.1 Å². The zero-order valence-electron chi connectivity index (χ0n) is 12.4. The first-order valence-corrected chi connectivity index (χ1v) is 7.66. The molecule has 120 valence electrons. The largest absolute Gasteiger partial charge is 0.331 e. The third kappa shape index (κ3) is 5.09. The van der Waals surface area contributed by atoms with Gasteiger partial charge in [-0.15, -0.1) is 0 Å². The maximum Gasteiger partial charge on any atom is 0.267 e. The predicted molar refractivity (Wildman–Crippen MR) is 87.5 cm³/mol. The van der Waals surface area contributed by atoms with E-state index in [4.69, 9.17) is 16.9 Å². The molecule has 0 aromatic heterocycles. The van der Waals surface area contributed by atoms with Gasteiger partial charge in [0.15, 0.2) is 0 Å². The lowest BCUT2D eigenvalue weighted by Gasteiger charge is -2.20. The van der Waals surface area contributed by atoms with Crippen LogP contribution in [-0.4, -0.2) is 24.9 Å². The summed E-state index contributed by atoms with van der Waals surface area (Å²) in [6.45, 7) is 1.59. The van der Waals surface area contributed by atoms with Gasteiger partial charge in [0, 0.05) is 22.8 Å². The molecule has 2 rings (SSSR count). The van der Waals surface area contributed by atoms with Crippen molar-refractivity contribution in [1.29, 1.82) is 5.26 Å². The molecule has 1 aliphatic heterocycles. The fourth-order valence-corrected chi connectivity index (χ4v) is 2.35. The van der Waals surface area contributed by atoms with Crippen molar-refractivity contribution < 1.29 is 9.59 Å². The minimum atomic E-state index is -0.583. The zero-order valence-corrected chi connectivity index (χ0v) is 13.2. The Kier molecular flexibility index (Phi) is 6.15. The van der Waals surface area contributed by atoms with E-state index in [1.54, 1.807) is 30.3 Å². The summed E-state index contributed by atoms with van der Waals surface area (Å²) in [5.74, 6) is -0.842. The molecule has 23 heavy (non-hydrogen) atoms. The number of carbonyl (C=O) groups excluding carboxylic acids is 2. The summed E-state index contributed by atoms with van der Waals surface area (Å²) in [7, 11) is 0. The molecule has 2 amide bonds. The minimum absolute atomic E-state index is 0.0910. The number of carbonyl (C=O) groups is 2. The lowest BCUT2D eigenvalue weighted by atomic mass is 9.97. The summed E-state index contributed by atoms with van der Waals surface area (Å²) in [5.41, 5.74) is 0.354. The van der Waals surface area contributed by atoms with Crippen LogP contribution in [0.1, 0.15) is 12.8 Å². The van der Waals surface area contributed by atoms with Gasteiger partial charge in [0.05, 0.1) is 0 Å². The number of benzene rings is 1. The summed E-state index contributed by atoms with van der Waals surface area (Å²) >= 11 is 5.77. The van der Waals surface area contributed by atoms with E-state index < -0.39 is 5.91 Å². The van der Waals surface area contributed by atoms with Gasteiger partial charge in [-0.2, -0.15) is 5.26 Å². The van der Waals surface area contributed by atoms with Crippen molar-refractivity contribution in [2.45, 2.75) is 12.8 Å². The number of nitriles is 1. The van der Waals surface area contributed by atoms with Crippen LogP contribution in [0, 0.1) is 17.2 Å². The molecule has 0 unspecified atom stereocenters. The van der Waals surface area contributed by atoms with Gasteiger partial charge in [0.2, 0.25) is 5.91 Å². The van der Waals surface area contributed by atoms with Gasteiger partial charge in [-0.3, -0.25) is 9.59 Å². The number of nitrogens with zero attached hydrogens (tertiary/aromatic N) is 1. The number of piperidine rings is 1. The molecule has 0 aliphatic carbocycles. The standard InChI is InChI=1S/C16H17ClN4O2/c17-13-1-3-14(4-2-13)21-16(23)12(9-18)10-20-15(22)11-5-7-19-8-6-11/h1-4,10-11,19H,5-8H2,(H,20,22)(H,21,23)/b12-10-. The highest BCUT2D eigenvalue weighted by molar-refractivity contribution is 6.30. The van der Waals surface area contributed by atoms with E-state index >= 15 is 0 Å². The second kappa shape index (κ2) is 8.32. The van der Waals surface area contributed by atoms with Gasteiger partial charge in [0.1, 0.15) is 11.6 Å². The molecule has 0 spiro atoms. The molecule has 6 nitrogen and oxygen atoms in total. The monoisotopic (exact) mass is 332 g/mol. The van der Waals surface area contributed by atoms with Crippen molar-refractivity contribution in [2.75, 3.05) is 18.4 Å². The Hall–Kier alpha value is -2.36. The summed E-state index contributed by atoms with van der Waals surface area (Å²) in [6, 6.07) is 8.30. The number of amides is 2. The summed E-state index contributed by atoms with van der Waals surface area (Å²) in [5, 5.41) is 17.9. The van der Waals surface area contributed by atoms with E-state index in [0.717, 1.165) is 32.1 Å². The third-order valence-electron chi connectivity index (χ3n) is 3.54. The van der Waals surface area contributed by atoms with Gasteiger partial charge in [-0.25, -0.2) is 0 Å². The molecule has 0 saturated carbocycles. The maximum atomic E-state index is 12.0. The van der Waals surface area contributed by atoms with E-state index in [1.165, 1.54) is 0 Å². The number of nitrogens with one attached hydrogen (secondary N) is 3. The minimum Gasteiger partial charge on any atom is -0.331 e. The first-order valence-electron chi connectivity index (χ1n) is 7.28. The molecule has 0 atom stereocenters. The Morgan fingerprint density at radius 1 is 1.26 bits per heavy atom. The molecule has 1 saturated heterocycles. The number of rotatable bonds is 4. The molecular weight excluding hydrogens is 316 g/mol. The van der Waals surface area contributed by atoms with E-state index in [0.29, 0.717) is 10.7 Å². The van der Waals surface area contributed by atoms with E-state index in [9.17, 15) is 9.59 Å². The normalized spacial score (nSPS) is 15.6. The highest BCUT2D eigenvalue weighted by Gasteiger charge is 2.20. The first-order chi connectivity index (χ1) is 11.1. The highest BCUT2D eigenvalue weighted by Crippen LogP contribution is 2.14. The van der Waals surface area contributed by atoms with Crippen LogP contribution in [0.5, 0.6) is 0 Å². The first kappa shape index (κ1) is 17.0. The predicted octanol–water partition coefficient (Wildman–Crippen LogP) is 1.80. The highest BCUT2D eigenvalue weighted by atomic mass is 35.5. The smallest absolute Gasteiger partial charge is 0.267 e. The lowest BCUT2D eigenvalue weighted by molar-refractivity contribution is -0.124. The van der Waals surface area contributed by atoms with E-state index in [-0.39, 0.29) is 17.4 Å². The second-order valence-corrected chi connectivity index (χ2v) is 5.60. The number of hydrogen-bond acceptors (Lipinski definition) is 4. The van der Waals surface area contributed by atoms with Crippen LogP contribution in [0.3, 0.4) is 0 Å². The average Bonchev–Trinajstić information content (AvgIpc) is 2.58. The van der Waals surface area contributed by atoms with Crippen LogP contribution in [0.4, 0.5) is 5.69 Å². The third-order valence-corrected chi connectivity index (χ3v) is 3.79. The van der Waals surface area contributed by atoms with Crippen LogP contribution in [0.2, 0.25) is 5.02 Å².